The molecule has 0 saturated heterocycles. The molecule has 0 spiro atoms. The first kappa shape index (κ1) is 77.0. The molecule has 0 saturated carbocycles. The van der Waals surface area contributed by atoms with E-state index in [9.17, 15) is 0 Å². The zero-order valence-corrected chi connectivity index (χ0v) is 7.39. The van der Waals surface area contributed by atoms with Crippen LogP contribution in [0.25, 0.3) is 0 Å². The van der Waals surface area contributed by atoms with Crippen LogP contribution in [0, 0.1) is 0 Å². The monoisotopic (exact) mass is 162 g/mol. The maximum absolute atomic E-state index is 8.50. The molecule has 0 bridgehead atoms. The van der Waals surface area contributed by atoms with E-state index in [0.717, 1.165) is 0 Å². The zero-order valence-electron chi connectivity index (χ0n) is 4.83. The number of rotatable bonds is 0. The van der Waals surface area contributed by atoms with Gasteiger partial charge in [-0.15, -0.1) is 0 Å². The Morgan fingerprint density at radius 1 is 1.00 bits per heavy atom. The molecule has 4 nitrogen and oxygen atoms in total. The first-order chi connectivity index (χ1) is 1.00. The van der Waals surface area contributed by atoms with E-state index in [1.807, 2.05) is 0 Å². The van der Waals surface area contributed by atoms with Crippen molar-refractivity contribution in [3.8, 4) is 0 Å². The van der Waals surface area contributed by atoms with E-state index in [-0.39, 0.29) is 69.1 Å². The molecule has 0 radical (unpaired) electrons. The molecule has 0 aliphatic carbocycles. The molecule has 0 aromatic carbocycles. The molecule has 0 rings (SSSR count). The molecule has 0 aliphatic heterocycles. The van der Waals surface area contributed by atoms with Crippen molar-refractivity contribution < 1.29 is 79.0 Å². The fourth-order valence-electron chi connectivity index (χ4n) is 0. The zero-order chi connectivity index (χ0) is 2.00. The molecule has 0 amide bonds. The standard InChI is InChI=1S/FHO.Na.3H2O.Ti.H/c1-2;;;;;;/h2H;;3*1H2;;/q;+1;;;;;-1. The van der Waals surface area contributed by atoms with Crippen molar-refractivity contribution in [3.63, 3.8) is 0 Å². The summed E-state index contributed by atoms with van der Waals surface area (Å²) < 4.78 is 8.50. The Bertz CT molecular complexity index is 16.0. The van der Waals surface area contributed by atoms with E-state index in [4.69, 9.17) is 9.84 Å². The Kier molecular flexibility index (Phi) is 1570. The van der Waals surface area contributed by atoms with Crippen molar-refractivity contribution >= 4 is 0 Å². The van der Waals surface area contributed by atoms with E-state index in [1.54, 1.807) is 0 Å². The molecule has 0 aliphatic rings. The van der Waals surface area contributed by atoms with E-state index < -0.39 is 0 Å². The fourth-order valence-corrected chi connectivity index (χ4v) is 0. The van der Waals surface area contributed by atoms with Crippen LogP contribution < -0.4 is 29.6 Å². The van der Waals surface area contributed by atoms with Crippen LogP contribution in [0.3, 0.4) is 0 Å². The van der Waals surface area contributed by atoms with Gasteiger partial charge in [-0.1, -0.05) is 4.53 Å². The molecule has 0 aromatic heterocycles. The summed E-state index contributed by atoms with van der Waals surface area (Å²) in [6, 6.07) is 0. The van der Waals surface area contributed by atoms with Crippen LogP contribution in [0.1, 0.15) is 1.43 Å². The summed E-state index contributed by atoms with van der Waals surface area (Å²) in [6.45, 7) is 0. The minimum Gasteiger partial charge on any atom is -1.00 e. The van der Waals surface area contributed by atoms with Gasteiger partial charge in [-0.05, 0) is 0 Å². The van der Waals surface area contributed by atoms with Gasteiger partial charge in [0, 0.05) is 21.7 Å². The summed E-state index contributed by atoms with van der Waals surface area (Å²) in [4.78, 5) is 0. The van der Waals surface area contributed by atoms with Crippen molar-refractivity contribution in [1.29, 1.82) is 0 Å². The molecule has 44 valence electrons. The van der Waals surface area contributed by atoms with Crippen LogP contribution in [0.5, 0.6) is 0 Å². The fraction of sp³-hybridized carbons (Fsp3) is 0. The third kappa shape index (κ3) is 102. The third-order valence-electron chi connectivity index (χ3n) is 0. The Morgan fingerprint density at radius 2 is 1.00 bits per heavy atom. The Labute approximate surface area is 78.6 Å². The number of hydrogen-bond donors (Lipinski definition) is 1. The topological polar surface area (TPSA) is 115 Å². The smallest absolute Gasteiger partial charge is 1.00 e. The van der Waals surface area contributed by atoms with Gasteiger partial charge < -0.3 is 17.9 Å². The molecule has 0 fully saturated rings. The molecule has 7 heavy (non-hydrogen) atoms. The Balaban J connectivity index is -0.000000000333. The quantitative estimate of drug-likeness (QED) is 0.351. The average molecular weight is 162 g/mol. The number of hydrogen-bond acceptors (Lipinski definition) is 1. The van der Waals surface area contributed by atoms with Gasteiger partial charge in [0.05, 0.1) is 0 Å². The van der Waals surface area contributed by atoms with Gasteiger partial charge in [0.2, 0.25) is 0 Å². The Morgan fingerprint density at radius 3 is 1.00 bits per heavy atom. The van der Waals surface area contributed by atoms with Crippen molar-refractivity contribution in [2.75, 3.05) is 0 Å². The van der Waals surface area contributed by atoms with E-state index in [1.165, 1.54) is 0 Å². The minimum absolute atomic E-state index is 0. The molecule has 0 heterocycles. The van der Waals surface area contributed by atoms with E-state index in [0.29, 0.717) is 0 Å². The molecule has 0 aromatic rings. The summed E-state index contributed by atoms with van der Waals surface area (Å²) >= 11 is 0. The summed E-state index contributed by atoms with van der Waals surface area (Å²) in [5, 5.41) is 5.50. The van der Waals surface area contributed by atoms with Gasteiger partial charge in [-0.2, -0.15) is 0 Å². The third-order valence-corrected chi connectivity index (χ3v) is 0. The van der Waals surface area contributed by atoms with Gasteiger partial charge in [-0.25, -0.2) is 5.31 Å². The largest absolute Gasteiger partial charge is 1.00 e. The van der Waals surface area contributed by atoms with Crippen LogP contribution in [0.4, 0.5) is 4.53 Å². The second kappa shape index (κ2) is 143. The van der Waals surface area contributed by atoms with Crippen molar-refractivity contribution in [2.24, 2.45) is 0 Å². The maximum atomic E-state index is 8.50. The van der Waals surface area contributed by atoms with Crippen molar-refractivity contribution in [1.82, 2.24) is 0 Å². The second-order valence-corrected chi connectivity index (χ2v) is 0. The van der Waals surface area contributed by atoms with E-state index >= 15 is 0 Å². The first-order valence-corrected chi connectivity index (χ1v) is 0.169. The van der Waals surface area contributed by atoms with Crippen LogP contribution in [0.15, 0.2) is 0 Å². The molecule has 0 unspecified atom stereocenters. The maximum Gasteiger partial charge on any atom is 1.00 e. The van der Waals surface area contributed by atoms with Crippen LogP contribution in [-0.2, 0) is 21.7 Å². The van der Waals surface area contributed by atoms with Crippen LogP contribution in [0.2, 0.25) is 0 Å². The Hall–Kier alpha value is 1.48. The van der Waals surface area contributed by atoms with Gasteiger partial charge in [0.25, 0.3) is 0 Å². The van der Waals surface area contributed by atoms with Crippen LogP contribution in [-0.4, -0.2) is 21.7 Å². The average Bonchev–Trinajstić information content (AvgIpc) is 1.00. The predicted molar refractivity (Wildman–Crippen MR) is 15.3 cm³/mol. The van der Waals surface area contributed by atoms with Gasteiger partial charge in [0.15, 0.2) is 0 Å². The molecule has 7 heteroatoms. The summed E-state index contributed by atoms with van der Waals surface area (Å²) in [5.74, 6) is 0. The SMILES string of the molecule is O.O.O.OF.[H-].[Na+].[Ti]. The van der Waals surface area contributed by atoms with Crippen LogP contribution >= 0.6 is 0 Å². The summed E-state index contributed by atoms with van der Waals surface area (Å²) in [5.41, 5.74) is 0. The predicted octanol–water partition coefficient (Wildman–Crippen LogP) is -5.50. The summed E-state index contributed by atoms with van der Waals surface area (Å²) in [7, 11) is 0. The van der Waals surface area contributed by atoms with Crippen molar-refractivity contribution in [3.05, 3.63) is 0 Å². The molecule has 0 atom stereocenters. The normalized spacial score (nSPS) is 0.857. The van der Waals surface area contributed by atoms with Crippen molar-refractivity contribution in [2.45, 2.75) is 0 Å². The molecular weight excluding hydrogens is 154 g/mol. The van der Waals surface area contributed by atoms with Gasteiger partial charge in [-0.3, -0.25) is 0 Å². The summed E-state index contributed by atoms with van der Waals surface area (Å²) in [6.07, 6.45) is 0. The molecular formula is H8FNaO4Ti. The van der Waals surface area contributed by atoms with Gasteiger partial charge in [0.1, 0.15) is 0 Å². The molecule has 7 N–H and O–H groups in total. The number of halogens is 1. The van der Waals surface area contributed by atoms with E-state index in [2.05, 4.69) is 0 Å². The van der Waals surface area contributed by atoms with Gasteiger partial charge >= 0.3 is 29.6 Å². The second-order valence-electron chi connectivity index (χ2n) is 0. The minimum atomic E-state index is 0. The first-order valence-electron chi connectivity index (χ1n) is 0.169.